The summed E-state index contributed by atoms with van der Waals surface area (Å²) in [5.74, 6) is -1.67. The van der Waals surface area contributed by atoms with Crippen molar-refractivity contribution in [3.8, 4) is 0 Å². The SMILES string of the molecule is CCNCc1cc(Cl)ccc1Sc1ccc(F)c(F)c1. The maximum atomic E-state index is 13.2. The predicted molar refractivity (Wildman–Crippen MR) is 79.3 cm³/mol. The van der Waals surface area contributed by atoms with Gasteiger partial charge in [-0.15, -0.1) is 0 Å². The zero-order valence-corrected chi connectivity index (χ0v) is 12.5. The number of hydrogen-bond donors (Lipinski definition) is 1. The Morgan fingerprint density at radius 3 is 2.60 bits per heavy atom. The Labute approximate surface area is 126 Å². The van der Waals surface area contributed by atoms with Crippen LogP contribution in [0.15, 0.2) is 46.2 Å². The standard InChI is InChI=1S/C15H14ClF2NS/c1-2-19-9-10-7-11(16)3-6-15(10)20-12-4-5-13(17)14(18)8-12/h3-8,19H,2,9H2,1H3. The molecule has 0 radical (unpaired) electrons. The highest BCUT2D eigenvalue weighted by Crippen LogP contribution is 2.32. The van der Waals surface area contributed by atoms with E-state index in [1.54, 1.807) is 12.1 Å². The zero-order chi connectivity index (χ0) is 14.5. The van der Waals surface area contributed by atoms with E-state index in [1.165, 1.54) is 17.8 Å². The van der Waals surface area contributed by atoms with E-state index in [9.17, 15) is 8.78 Å². The Hall–Kier alpha value is -1.10. The third kappa shape index (κ3) is 3.95. The lowest BCUT2D eigenvalue weighted by molar-refractivity contribution is 0.506. The molecular weight excluding hydrogens is 300 g/mol. The van der Waals surface area contributed by atoms with Crippen LogP contribution in [0, 0.1) is 11.6 Å². The van der Waals surface area contributed by atoms with Crippen LogP contribution in [0.5, 0.6) is 0 Å². The number of nitrogens with one attached hydrogen (secondary N) is 1. The van der Waals surface area contributed by atoms with Crippen LogP contribution in [0.3, 0.4) is 0 Å². The Morgan fingerprint density at radius 1 is 1.10 bits per heavy atom. The van der Waals surface area contributed by atoms with Gasteiger partial charge in [0.2, 0.25) is 0 Å². The molecule has 0 heterocycles. The number of benzene rings is 2. The molecule has 0 unspecified atom stereocenters. The van der Waals surface area contributed by atoms with Crippen molar-refractivity contribution in [3.05, 3.63) is 58.6 Å². The summed E-state index contributed by atoms with van der Waals surface area (Å²) in [4.78, 5) is 1.63. The molecule has 20 heavy (non-hydrogen) atoms. The topological polar surface area (TPSA) is 12.0 Å². The third-order valence-corrected chi connectivity index (χ3v) is 4.05. The molecule has 106 valence electrons. The first-order valence-corrected chi connectivity index (χ1v) is 7.41. The molecule has 2 aromatic rings. The first-order chi connectivity index (χ1) is 9.60. The smallest absolute Gasteiger partial charge is 0.159 e. The van der Waals surface area contributed by atoms with Gasteiger partial charge in [-0.05, 0) is 48.5 Å². The van der Waals surface area contributed by atoms with Gasteiger partial charge in [-0.2, -0.15) is 0 Å². The minimum absolute atomic E-state index is 0.656. The van der Waals surface area contributed by atoms with Crippen LogP contribution >= 0.6 is 23.4 Å². The third-order valence-electron chi connectivity index (χ3n) is 2.71. The second-order valence-corrected chi connectivity index (χ2v) is 5.76. The minimum Gasteiger partial charge on any atom is -0.313 e. The van der Waals surface area contributed by atoms with Crippen molar-refractivity contribution in [1.82, 2.24) is 5.32 Å². The fraction of sp³-hybridized carbons (Fsp3) is 0.200. The van der Waals surface area contributed by atoms with E-state index in [1.807, 2.05) is 19.1 Å². The Kier molecular flexibility index (Phi) is 5.40. The Morgan fingerprint density at radius 2 is 1.90 bits per heavy atom. The number of halogens is 3. The summed E-state index contributed by atoms with van der Waals surface area (Å²) in [6, 6.07) is 9.46. The minimum atomic E-state index is -0.836. The largest absolute Gasteiger partial charge is 0.313 e. The Balaban J connectivity index is 2.25. The van der Waals surface area contributed by atoms with Crippen molar-refractivity contribution < 1.29 is 8.78 Å². The van der Waals surface area contributed by atoms with E-state index in [0.717, 1.165) is 23.1 Å². The second kappa shape index (κ2) is 7.07. The average Bonchev–Trinajstić information content (AvgIpc) is 2.43. The lowest BCUT2D eigenvalue weighted by atomic mass is 10.2. The quantitative estimate of drug-likeness (QED) is 0.844. The van der Waals surface area contributed by atoms with Gasteiger partial charge in [0, 0.05) is 21.4 Å². The van der Waals surface area contributed by atoms with Gasteiger partial charge in [-0.3, -0.25) is 0 Å². The molecule has 2 rings (SSSR count). The highest BCUT2D eigenvalue weighted by molar-refractivity contribution is 7.99. The van der Waals surface area contributed by atoms with Gasteiger partial charge in [-0.1, -0.05) is 30.3 Å². The van der Waals surface area contributed by atoms with Gasteiger partial charge in [-0.25, -0.2) is 8.78 Å². The van der Waals surface area contributed by atoms with Gasteiger partial charge in [0.15, 0.2) is 11.6 Å². The van der Waals surface area contributed by atoms with Crippen molar-refractivity contribution in [2.45, 2.75) is 23.3 Å². The molecule has 1 nitrogen and oxygen atoms in total. The summed E-state index contributed by atoms with van der Waals surface area (Å²) in [6.45, 7) is 3.55. The van der Waals surface area contributed by atoms with Crippen LogP contribution in [0.4, 0.5) is 8.78 Å². The molecule has 2 aromatic carbocycles. The average molecular weight is 314 g/mol. The number of hydrogen-bond acceptors (Lipinski definition) is 2. The van der Waals surface area contributed by atoms with Gasteiger partial charge in [0.05, 0.1) is 0 Å². The van der Waals surface area contributed by atoms with E-state index in [4.69, 9.17) is 11.6 Å². The highest BCUT2D eigenvalue weighted by atomic mass is 35.5. The molecule has 0 atom stereocenters. The zero-order valence-electron chi connectivity index (χ0n) is 10.9. The van der Waals surface area contributed by atoms with Crippen LogP contribution in [0.25, 0.3) is 0 Å². The summed E-state index contributed by atoms with van der Waals surface area (Å²) >= 11 is 7.39. The molecule has 0 amide bonds. The fourth-order valence-electron chi connectivity index (χ4n) is 1.71. The van der Waals surface area contributed by atoms with E-state index >= 15 is 0 Å². The molecule has 0 spiro atoms. The van der Waals surface area contributed by atoms with Crippen molar-refractivity contribution in [3.63, 3.8) is 0 Å². The fourth-order valence-corrected chi connectivity index (χ4v) is 2.86. The monoisotopic (exact) mass is 313 g/mol. The van der Waals surface area contributed by atoms with E-state index in [-0.39, 0.29) is 0 Å². The molecule has 5 heteroatoms. The molecule has 0 aliphatic carbocycles. The summed E-state index contributed by atoms with van der Waals surface area (Å²) in [6.07, 6.45) is 0. The molecule has 0 fully saturated rings. The number of rotatable bonds is 5. The summed E-state index contributed by atoms with van der Waals surface area (Å²) in [7, 11) is 0. The van der Waals surface area contributed by atoms with Gasteiger partial charge in [0.1, 0.15) is 0 Å². The maximum Gasteiger partial charge on any atom is 0.159 e. The molecule has 0 bridgehead atoms. The first-order valence-electron chi connectivity index (χ1n) is 6.22. The molecule has 0 aliphatic rings. The lowest BCUT2D eigenvalue weighted by Crippen LogP contribution is -2.12. The summed E-state index contributed by atoms with van der Waals surface area (Å²) < 4.78 is 26.2. The van der Waals surface area contributed by atoms with E-state index < -0.39 is 11.6 Å². The van der Waals surface area contributed by atoms with Crippen LogP contribution in [0.2, 0.25) is 5.02 Å². The molecule has 0 aromatic heterocycles. The van der Waals surface area contributed by atoms with Gasteiger partial charge in [0.25, 0.3) is 0 Å². The van der Waals surface area contributed by atoms with E-state index in [0.29, 0.717) is 16.5 Å². The van der Waals surface area contributed by atoms with Crippen LogP contribution < -0.4 is 5.32 Å². The Bertz CT molecular complexity index is 604. The summed E-state index contributed by atoms with van der Waals surface area (Å²) in [5, 5.41) is 3.89. The molecule has 1 N–H and O–H groups in total. The molecule has 0 saturated heterocycles. The van der Waals surface area contributed by atoms with Crippen LogP contribution in [0.1, 0.15) is 12.5 Å². The summed E-state index contributed by atoms with van der Waals surface area (Å²) in [5.41, 5.74) is 1.04. The molecular formula is C15H14ClF2NS. The van der Waals surface area contributed by atoms with Gasteiger partial charge >= 0.3 is 0 Å². The molecule has 0 aliphatic heterocycles. The van der Waals surface area contributed by atoms with Crippen molar-refractivity contribution in [1.29, 1.82) is 0 Å². The van der Waals surface area contributed by atoms with Crippen LogP contribution in [-0.2, 0) is 6.54 Å². The van der Waals surface area contributed by atoms with Gasteiger partial charge < -0.3 is 5.32 Å². The normalized spacial score (nSPS) is 10.8. The van der Waals surface area contributed by atoms with Crippen molar-refractivity contribution >= 4 is 23.4 Å². The maximum absolute atomic E-state index is 13.2. The second-order valence-electron chi connectivity index (χ2n) is 4.21. The predicted octanol–water partition coefficient (Wildman–Crippen LogP) is 4.88. The lowest BCUT2D eigenvalue weighted by Gasteiger charge is -2.10. The highest BCUT2D eigenvalue weighted by Gasteiger charge is 2.08. The molecule has 0 saturated carbocycles. The first kappa shape index (κ1) is 15.3. The van der Waals surface area contributed by atoms with Crippen molar-refractivity contribution in [2.24, 2.45) is 0 Å². The van der Waals surface area contributed by atoms with Crippen molar-refractivity contribution in [2.75, 3.05) is 6.54 Å². The van der Waals surface area contributed by atoms with E-state index in [2.05, 4.69) is 5.32 Å². The van der Waals surface area contributed by atoms with Crippen LogP contribution in [-0.4, -0.2) is 6.54 Å².